The molecule has 2 bridgehead atoms. The van der Waals surface area contributed by atoms with Crippen molar-refractivity contribution in [2.45, 2.75) is 90.0 Å². The van der Waals surface area contributed by atoms with Crippen molar-refractivity contribution in [3.8, 4) is 5.75 Å². The van der Waals surface area contributed by atoms with E-state index in [0.717, 1.165) is 30.8 Å². The molecule has 1 aromatic carbocycles. The predicted molar refractivity (Wildman–Crippen MR) is 155 cm³/mol. The van der Waals surface area contributed by atoms with Crippen LogP contribution in [0.15, 0.2) is 30.4 Å². The van der Waals surface area contributed by atoms with Gasteiger partial charge in [0, 0.05) is 49.8 Å². The van der Waals surface area contributed by atoms with Gasteiger partial charge in [0.05, 0.1) is 31.4 Å². The van der Waals surface area contributed by atoms with Crippen LogP contribution in [0.25, 0.3) is 10.9 Å². The predicted octanol–water partition coefficient (Wildman–Crippen LogP) is 5.64. The Morgan fingerprint density at radius 1 is 1.16 bits per heavy atom. The summed E-state index contributed by atoms with van der Waals surface area (Å²) in [6.45, 7) is 20.9. The number of carbonyl (C=O) groups excluding carboxylic acids is 1. The van der Waals surface area contributed by atoms with Gasteiger partial charge in [-0.2, -0.15) is 0 Å². The van der Waals surface area contributed by atoms with Gasteiger partial charge in [-0.05, 0) is 46.8 Å². The second kappa shape index (κ2) is 10.3. The molecule has 3 heterocycles. The van der Waals surface area contributed by atoms with E-state index in [4.69, 9.17) is 9.16 Å². The molecule has 4 rings (SSSR count). The van der Waals surface area contributed by atoms with Crippen LogP contribution in [0.3, 0.4) is 0 Å². The summed E-state index contributed by atoms with van der Waals surface area (Å²) in [4.78, 5) is 14.2. The standard InChI is InChI=1S/C31H48N2O3Si/c1-18(2)37(19(3)4,20(5)6)36-17-27-25(21(7)22(8)34)15-30-31-26(16-29(27)32(30)9)24-13-12-23(35-11)14-28(24)33(31)10/h12-14,18-20,25,27,29-30H,7,15-17H2,1-6,8-11H3/p+1/t25-,27+,29-,30-/m0/s1. The third kappa shape index (κ3) is 4.43. The number of hydrogen-bond acceptors (Lipinski definition) is 3. The van der Waals surface area contributed by atoms with Crippen molar-refractivity contribution in [3.63, 3.8) is 0 Å². The molecule has 1 saturated heterocycles. The second-order valence-electron chi connectivity index (χ2n) is 12.6. The van der Waals surface area contributed by atoms with E-state index in [9.17, 15) is 4.79 Å². The minimum absolute atomic E-state index is 0.120. The highest BCUT2D eigenvalue weighted by molar-refractivity contribution is 6.77. The monoisotopic (exact) mass is 525 g/mol. The molecule has 37 heavy (non-hydrogen) atoms. The van der Waals surface area contributed by atoms with Gasteiger partial charge in [0.15, 0.2) is 14.1 Å². The Labute approximate surface area is 225 Å². The minimum atomic E-state index is -2.03. The number of carbonyl (C=O) groups is 1. The third-order valence-electron chi connectivity index (χ3n) is 10.1. The number of aryl methyl sites for hydroxylation is 1. The first-order valence-corrected chi connectivity index (χ1v) is 16.3. The molecule has 5 atom stereocenters. The molecule has 1 fully saturated rings. The lowest BCUT2D eigenvalue weighted by molar-refractivity contribution is -0.951. The average Bonchev–Trinajstić information content (AvgIpc) is 3.10. The molecule has 0 saturated carbocycles. The Bertz CT molecular complexity index is 1160. The quantitative estimate of drug-likeness (QED) is 0.340. The summed E-state index contributed by atoms with van der Waals surface area (Å²) in [5.41, 5.74) is 6.50. The maximum Gasteiger partial charge on any atom is 0.200 e. The van der Waals surface area contributed by atoms with Crippen LogP contribution < -0.4 is 9.64 Å². The zero-order chi connectivity index (χ0) is 27.4. The summed E-state index contributed by atoms with van der Waals surface area (Å²) in [7, 11) is 4.24. The Kier molecular flexibility index (Phi) is 7.86. The number of nitrogens with zero attached hydrogens (tertiary/aromatic N) is 1. The number of methoxy groups -OCH3 is 1. The SMILES string of the molecule is C=C(C(C)=O)[C@@H]1C[C@H]2c3c(c4ccc(OC)cc4n3C)C[C@@H]([C@@H]1CO[Si](C(C)C)(C(C)C)C(C)C)[NH+]2C. The zero-order valence-electron chi connectivity index (χ0n) is 24.8. The van der Waals surface area contributed by atoms with Crippen LogP contribution >= 0.6 is 0 Å². The Morgan fingerprint density at radius 3 is 2.32 bits per heavy atom. The Hall–Kier alpha value is -1.89. The summed E-state index contributed by atoms with van der Waals surface area (Å²) >= 11 is 0. The first-order chi connectivity index (χ1) is 17.4. The fourth-order valence-corrected chi connectivity index (χ4v) is 13.8. The molecular weight excluding hydrogens is 476 g/mol. The van der Waals surface area contributed by atoms with Crippen molar-refractivity contribution in [1.82, 2.24) is 4.57 Å². The highest BCUT2D eigenvalue weighted by atomic mass is 28.4. The lowest BCUT2D eigenvalue weighted by atomic mass is 9.68. The van der Waals surface area contributed by atoms with E-state index in [-0.39, 0.29) is 17.6 Å². The van der Waals surface area contributed by atoms with Gasteiger partial charge in [-0.1, -0.05) is 48.1 Å². The van der Waals surface area contributed by atoms with E-state index in [1.165, 1.54) is 22.2 Å². The van der Waals surface area contributed by atoms with Gasteiger partial charge >= 0.3 is 0 Å². The number of fused-ring (bicyclic) bond motifs is 6. The number of nitrogens with one attached hydrogen (secondary N) is 1. The van der Waals surface area contributed by atoms with E-state index in [0.29, 0.717) is 28.7 Å². The normalized spacial score (nSPS) is 25.7. The number of benzene rings is 1. The average molecular weight is 526 g/mol. The fraction of sp³-hybridized carbons (Fsp3) is 0.645. The molecule has 2 aliphatic rings. The lowest BCUT2D eigenvalue weighted by Gasteiger charge is -2.51. The van der Waals surface area contributed by atoms with E-state index in [1.54, 1.807) is 18.9 Å². The van der Waals surface area contributed by atoms with Crippen LogP contribution in [0.5, 0.6) is 5.75 Å². The third-order valence-corrected chi connectivity index (χ3v) is 16.2. The molecule has 0 amide bonds. The van der Waals surface area contributed by atoms with Gasteiger partial charge in [0.25, 0.3) is 0 Å². The summed E-state index contributed by atoms with van der Waals surface area (Å²) in [6.07, 6.45) is 1.93. The van der Waals surface area contributed by atoms with Crippen LogP contribution in [0.1, 0.15) is 72.2 Å². The number of allylic oxidation sites excluding steroid dienone is 1. The molecule has 0 radical (unpaired) electrons. The highest BCUT2D eigenvalue weighted by Crippen LogP contribution is 2.46. The number of rotatable bonds is 9. The van der Waals surface area contributed by atoms with Gasteiger partial charge in [-0.3, -0.25) is 4.79 Å². The van der Waals surface area contributed by atoms with Crippen molar-refractivity contribution >= 4 is 25.0 Å². The molecule has 5 nitrogen and oxygen atoms in total. The summed E-state index contributed by atoms with van der Waals surface area (Å²) < 4.78 is 15.1. The number of ether oxygens (including phenoxy) is 1. The van der Waals surface area contributed by atoms with Crippen LogP contribution in [0.4, 0.5) is 0 Å². The minimum Gasteiger partial charge on any atom is -0.497 e. The molecular formula is C31H49N2O3Si+. The smallest absolute Gasteiger partial charge is 0.200 e. The van der Waals surface area contributed by atoms with Crippen LogP contribution in [0.2, 0.25) is 16.6 Å². The van der Waals surface area contributed by atoms with Crippen molar-refractivity contribution in [2.24, 2.45) is 18.9 Å². The van der Waals surface area contributed by atoms with E-state index in [2.05, 4.69) is 85.0 Å². The van der Waals surface area contributed by atoms with Crippen LogP contribution in [0, 0.1) is 11.8 Å². The Morgan fingerprint density at radius 2 is 1.78 bits per heavy atom. The van der Waals surface area contributed by atoms with Gasteiger partial charge in [0.1, 0.15) is 11.8 Å². The number of piperidine rings is 1. The molecule has 0 aliphatic carbocycles. The van der Waals surface area contributed by atoms with Crippen molar-refractivity contribution in [1.29, 1.82) is 0 Å². The molecule has 6 heteroatoms. The molecule has 2 aliphatic heterocycles. The molecule has 1 unspecified atom stereocenters. The molecule has 1 aromatic heterocycles. The maximum atomic E-state index is 12.7. The molecule has 2 aromatic rings. The first-order valence-electron chi connectivity index (χ1n) is 14.2. The van der Waals surface area contributed by atoms with Crippen molar-refractivity contribution in [3.05, 3.63) is 41.6 Å². The fourth-order valence-electron chi connectivity index (χ4n) is 8.29. The number of quaternary nitrogens is 1. The molecule has 1 N–H and O–H groups in total. The topological polar surface area (TPSA) is 44.9 Å². The summed E-state index contributed by atoms with van der Waals surface area (Å²) in [6, 6.07) is 7.19. The Balaban J connectivity index is 1.79. The van der Waals surface area contributed by atoms with E-state index < -0.39 is 8.32 Å². The summed E-state index contributed by atoms with van der Waals surface area (Å²) in [5.74, 6) is 1.43. The number of Topliss-reactive ketones (excluding diaryl/α,β-unsaturated/α-hetero) is 1. The zero-order valence-corrected chi connectivity index (χ0v) is 25.8. The van der Waals surface area contributed by atoms with Crippen molar-refractivity contribution in [2.75, 3.05) is 20.8 Å². The first kappa shape index (κ1) is 28.1. The molecule has 204 valence electrons. The van der Waals surface area contributed by atoms with Gasteiger partial charge in [-0.15, -0.1) is 0 Å². The maximum absolute atomic E-state index is 12.7. The number of likely N-dealkylation sites (N-methyl/N-ethyl adjacent to an activating group) is 1. The van der Waals surface area contributed by atoms with Crippen molar-refractivity contribution < 1.29 is 18.9 Å². The van der Waals surface area contributed by atoms with Crippen LogP contribution in [-0.2, 0) is 22.7 Å². The van der Waals surface area contributed by atoms with Gasteiger partial charge in [-0.25, -0.2) is 0 Å². The largest absolute Gasteiger partial charge is 0.497 e. The number of aromatic nitrogens is 1. The number of hydrogen-bond donors (Lipinski definition) is 1. The van der Waals surface area contributed by atoms with Gasteiger partial charge < -0.3 is 18.6 Å². The molecule has 0 spiro atoms. The summed E-state index contributed by atoms with van der Waals surface area (Å²) in [5, 5.41) is 1.33. The lowest BCUT2D eigenvalue weighted by Crippen LogP contribution is -3.16. The van der Waals surface area contributed by atoms with Gasteiger partial charge in [0.2, 0.25) is 0 Å². The highest BCUT2D eigenvalue weighted by Gasteiger charge is 2.53. The second-order valence-corrected chi connectivity index (χ2v) is 18.1. The van der Waals surface area contributed by atoms with Crippen LogP contribution in [-0.4, -0.2) is 45.5 Å². The van der Waals surface area contributed by atoms with E-state index in [1.807, 2.05) is 0 Å². The van der Waals surface area contributed by atoms with E-state index >= 15 is 0 Å². The number of ketones is 1.